The summed E-state index contributed by atoms with van der Waals surface area (Å²) in [4.78, 5) is 12.3. The summed E-state index contributed by atoms with van der Waals surface area (Å²) in [6, 6.07) is 3.80. The third kappa shape index (κ3) is 2.32. The van der Waals surface area contributed by atoms with Gasteiger partial charge in [0.15, 0.2) is 5.13 Å². The van der Waals surface area contributed by atoms with Crippen molar-refractivity contribution in [2.24, 2.45) is 0 Å². The maximum absolute atomic E-state index is 5.89. The zero-order chi connectivity index (χ0) is 15.1. The van der Waals surface area contributed by atoms with E-state index in [1.807, 2.05) is 12.1 Å². The van der Waals surface area contributed by atoms with Gasteiger partial charge in [-0.05, 0) is 12.1 Å². The predicted molar refractivity (Wildman–Crippen MR) is 88.1 cm³/mol. The number of H-pyrrole nitrogens is 1. The summed E-state index contributed by atoms with van der Waals surface area (Å²) in [7, 11) is 0. The number of rotatable bonds is 2. The lowest BCUT2D eigenvalue weighted by atomic mass is 10.2. The topological polar surface area (TPSA) is 83.7 Å². The molecule has 0 amide bonds. The molecule has 3 aromatic heterocycles. The predicted octanol–water partition coefficient (Wildman–Crippen LogP) is 2.73. The van der Waals surface area contributed by atoms with Crippen molar-refractivity contribution in [3.8, 4) is 11.3 Å². The Hall–Kier alpha value is -2.12. The molecule has 0 saturated carbocycles. The van der Waals surface area contributed by atoms with Crippen LogP contribution in [0.4, 0.5) is 10.9 Å². The summed E-state index contributed by atoms with van der Waals surface area (Å²) in [5.41, 5.74) is 8.75. The number of hydrogen-bond acceptors (Lipinski definition) is 6. The number of nitrogens with one attached hydrogen (secondary N) is 1. The average Bonchev–Trinajstić information content (AvgIpc) is 3.09. The molecule has 0 bridgehead atoms. The Balaban J connectivity index is 1.69. The van der Waals surface area contributed by atoms with Crippen LogP contribution in [0.5, 0.6) is 0 Å². The number of nitrogens with zero attached hydrogens (tertiary/aromatic N) is 4. The molecule has 0 radical (unpaired) electrons. The fraction of sp³-hybridized carbons (Fsp3) is 0.214. The lowest BCUT2D eigenvalue weighted by Gasteiger charge is -2.21. The van der Waals surface area contributed by atoms with Crippen molar-refractivity contribution in [3.05, 3.63) is 40.1 Å². The summed E-state index contributed by atoms with van der Waals surface area (Å²) in [5.74, 6) is 0.959. The van der Waals surface area contributed by atoms with Gasteiger partial charge in [-0.3, -0.25) is 10.1 Å². The van der Waals surface area contributed by atoms with Gasteiger partial charge in [-0.15, -0.1) is 11.3 Å². The average molecular weight is 333 g/mol. The molecule has 0 fully saturated rings. The molecule has 0 saturated heterocycles. The normalized spacial score (nSPS) is 13.6. The van der Waals surface area contributed by atoms with Gasteiger partial charge in [-0.25, -0.2) is 4.98 Å². The molecular weight excluding hydrogens is 320 g/mol. The number of nitrogen functional groups attached to an aromatic ring is 1. The lowest BCUT2D eigenvalue weighted by Crippen LogP contribution is -2.25. The van der Waals surface area contributed by atoms with Crippen molar-refractivity contribution in [1.82, 2.24) is 20.2 Å². The number of hydrogen-bond donors (Lipinski definition) is 2. The number of pyridine rings is 1. The molecule has 1 aliphatic rings. The number of aromatic amines is 1. The second-order valence-corrected chi connectivity index (χ2v) is 6.65. The molecule has 22 heavy (non-hydrogen) atoms. The molecule has 1 aliphatic heterocycles. The highest BCUT2D eigenvalue weighted by molar-refractivity contribution is 7.15. The first-order chi connectivity index (χ1) is 10.7. The largest absolute Gasteiger partial charge is 0.375 e. The highest BCUT2D eigenvalue weighted by Gasteiger charge is 2.25. The van der Waals surface area contributed by atoms with Crippen LogP contribution in [-0.4, -0.2) is 26.7 Å². The van der Waals surface area contributed by atoms with E-state index in [4.69, 9.17) is 17.3 Å². The maximum atomic E-state index is 5.89. The second kappa shape index (κ2) is 5.26. The van der Waals surface area contributed by atoms with Crippen LogP contribution in [0.25, 0.3) is 11.3 Å². The van der Waals surface area contributed by atoms with Crippen molar-refractivity contribution < 1.29 is 0 Å². The summed E-state index contributed by atoms with van der Waals surface area (Å²) in [6.07, 6.45) is 4.38. The summed E-state index contributed by atoms with van der Waals surface area (Å²) < 4.78 is 0. The van der Waals surface area contributed by atoms with Crippen molar-refractivity contribution >= 4 is 33.9 Å². The van der Waals surface area contributed by atoms with Gasteiger partial charge in [0.25, 0.3) is 0 Å². The molecule has 8 heteroatoms. The van der Waals surface area contributed by atoms with E-state index in [1.165, 1.54) is 4.88 Å². The molecule has 0 aromatic carbocycles. The number of thiazole rings is 1. The maximum Gasteiger partial charge on any atom is 0.180 e. The monoisotopic (exact) mass is 332 g/mol. The Morgan fingerprint density at radius 1 is 1.36 bits per heavy atom. The molecule has 4 rings (SSSR count). The minimum absolute atomic E-state index is 0.602. The van der Waals surface area contributed by atoms with Crippen molar-refractivity contribution in [1.29, 1.82) is 0 Å². The standard InChI is InChI=1S/C14H13ClN6S/c15-8-1-2-9(17-5-8)7-21-4-3-11-12(19-14(16)22-11)10-6-18-20-13(10)21/h1-2,5-6H,3-4,7H2,(H2,16,19)(H,18,20). The Labute approximate surface area is 136 Å². The quantitative estimate of drug-likeness (QED) is 0.753. The fourth-order valence-corrected chi connectivity index (χ4v) is 3.59. The van der Waals surface area contributed by atoms with Crippen LogP contribution in [0.2, 0.25) is 5.02 Å². The van der Waals surface area contributed by atoms with Crippen LogP contribution in [0.1, 0.15) is 10.6 Å². The van der Waals surface area contributed by atoms with E-state index in [-0.39, 0.29) is 0 Å². The molecule has 0 spiro atoms. The first-order valence-corrected chi connectivity index (χ1v) is 8.04. The number of halogens is 1. The highest BCUT2D eigenvalue weighted by atomic mass is 35.5. The highest BCUT2D eigenvalue weighted by Crippen LogP contribution is 2.38. The van der Waals surface area contributed by atoms with E-state index in [0.717, 1.165) is 35.7 Å². The SMILES string of the molecule is Nc1nc2c(s1)CCN(Cc1ccc(Cl)cn1)c1[nH]ncc1-2. The molecule has 0 unspecified atom stereocenters. The summed E-state index contributed by atoms with van der Waals surface area (Å²) in [6.45, 7) is 1.55. The van der Waals surface area contributed by atoms with Crippen LogP contribution in [0.3, 0.4) is 0 Å². The number of anilines is 2. The third-order valence-electron chi connectivity index (χ3n) is 3.65. The van der Waals surface area contributed by atoms with Gasteiger partial charge in [0.05, 0.1) is 34.7 Å². The molecular formula is C14H13ClN6S. The van der Waals surface area contributed by atoms with Gasteiger partial charge in [0, 0.05) is 24.0 Å². The molecule has 0 aliphatic carbocycles. The van der Waals surface area contributed by atoms with Crippen LogP contribution >= 0.6 is 22.9 Å². The zero-order valence-corrected chi connectivity index (χ0v) is 13.2. The van der Waals surface area contributed by atoms with Gasteiger partial charge >= 0.3 is 0 Å². The van der Waals surface area contributed by atoms with Crippen LogP contribution in [0, 0.1) is 0 Å². The first-order valence-electron chi connectivity index (χ1n) is 6.85. The van der Waals surface area contributed by atoms with E-state index < -0.39 is 0 Å². The van der Waals surface area contributed by atoms with Crippen LogP contribution < -0.4 is 10.6 Å². The number of aromatic nitrogens is 4. The first kappa shape index (κ1) is 13.5. The fourth-order valence-electron chi connectivity index (χ4n) is 2.65. The smallest absolute Gasteiger partial charge is 0.180 e. The third-order valence-corrected chi connectivity index (χ3v) is 4.82. The molecule has 0 atom stereocenters. The van der Waals surface area contributed by atoms with E-state index >= 15 is 0 Å². The molecule has 112 valence electrons. The van der Waals surface area contributed by atoms with Gasteiger partial charge in [0.1, 0.15) is 5.82 Å². The zero-order valence-electron chi connectivity index (χ0n) is 11.6. The molecule has 3 N–H and O–H groups in total. The lowest BCUT2D eigenvalue weighted by molar-refractivity contribution is 0.761. The minimum Gasteiger partial charge on any atom is -0.375 e. The number of fused-ring (bicyclic) bond motifs is 3. The van der Waals surface area contributed by atoms with Gasteiger partial charge in [-0.2, -0.15) is 5.10 Å². The van der Waals surface area contributed by atoms with Gasteiger partial charge < -0.3 is 10.6 Å². The molecule has 6 nitrogen and oxygen atoms in total. The Morgan fingerprint density at radius 3 is 3.09 bits per heavy atom. The van der Waals surface area contributed by atoms with Crippen LogP contribution in [0.15, 0.2) is 24.5 Å². The van der Waals surface area contributed by atoms with E-state index in [0.29, 0.717) is 16.7 Å². The Bertz CT molecular complexity index is 809. The summed E-state index contributed by atoms with van der Waals surface area (Å²) >= 11 is 7.44. The summed E-state index contributed by atoms with van der Waals surface area (Å²) in [5, 5.41) is 8.49. The van der Waals surface area contributed by atoms with E-state index in [1.54, 1.807) is 23.7 Å². The minimum atomic E-state index is 0.602. The van der Waals surface area contributed by atoms with Crippen molar-refractivity contribution in [2.45, 2.75) is 13.0 Å². The number of nitrogens with two attached hydrogens (primary N) is 1. The molecule has 4 heterocycles. The van der Waals surface area contributed by atoms with Gasteiger partial charge in [-0.1, -0.05) is 11.6 Å². The van der Waals surface area contributed by atoms with Crippen LogP contribution in [-0.2, 0) is 13.0 Å². The Kier molecular flexibility index (Phi) is 3.24. The van der Waals surface area contributed by atoms with Crippen molar-refractivity contribution in [2.75, 3.05) is 17.2 Å². The Morgan fingerprint density at radius 2 is 2.27 bits per heavy atom. The van der Waals surface area contributed by atoms with E-state index in [9.17, 15) is 0 Å². The van der Waals surface area contributed by atoms with Gasteiger partial charge in [0.2, 0.25) is 0 Å². The van der Waals surface area contributed by atoms with E-state index in [2.05, 4.69) is 25.1 Å². The molecule has 3 aromatic rings. The second-order valence-electron chi connectivity index (χ2n) is 5.10. The van der Waals surface area contributed by atoms with Crippen molar-refractivity contribution in [3.63, 3.8) is 0 Å².